The first-order chi connectivity index (χ1) is 15.3. The molecule has 0 aliphatic carbocycles. The van der Waals surface area contributed by atoms with Gasteiger partial charge in [0.05, 0.1) is 30.0 Å². The largest absolute Gasteiger partial charge is 0.511 e. The Balaban J connectivity index is 1.80. The van der Waals surface area contributed by atoms with Gasteiger partial charge in [0.25, 0.3) is 5.56 Å². The van der Waals surface area contributed by atoms with Crippen molar-refractivity contribution >= 4 is 40.9 Å². The molecule has 0 spiro atoms. The number of benzene rings is 1. The monoisotopic (exact) mass is 477 g/mol. The molecule has 0 bridgehead atoms. The summed E-state index contributed by atoms with van der Waals surface area (Å²) in [5.41, 5.74) is 0.105. The van der Waals surface area contributed by atoms with Crippen molar-refractivity contribution in [2.45, 2.75) is 13.5 Å². The van der Waals surface area contributed by atoms with Gasteiger partial charge in [0.1, 0.15) is 6.61 Å². The molecule has 0 saturated carbocycles. The van der Waals surface area contributed by atoms with Gasteiger partial charge >= 0.3 is 17.9 Å². The Kier molecular flexibility index (Phi) is 5.76. The Morgan fingerprint density at radius 1 is 1.22 bits per heavy atom. The number of carboxylic acid groups (broad SMARTS) is 1. The van der Waals surface area contributed by atoms with Crippen LogP contribution in [-0.2, 0) is 11.3 Å². The molecule has 12 heteroatoms. The van der Waals surface area contributed by atoms with Crippen molar-refractivity contribution in [3.8, 4) is 11.4 Å². The molecule has 1 aliphatic heterocycles. The number of anilines is 1. The Hall–Kier alpha value is -3.57. The van der Waals surface area contributed by atoms with Crippen LogP contribution in [0.2, 0.25) is 5.02 Å². The van der Waals surface area contributed by atoms with Crippen molar-refractivity contribution in [2.24, 2.45) is 0 Å². The number of aromatic nitrogens is 2. The maximum Gasteiger partial charge on any atom is 0.511 e. The van der Waals surface area contributed by atoms with Crippen LogP contribution in [0.1, 0.15) is 10.4 Å². The van der Waals surface area contributed by atoms with Gasteiger partial charge in [-0.2, -0.15) is 0 Å². The fourth-order valence-corrected chi connectivity index (χ4v) is 4.44. The zero-order valence-corrected chi connectivity index (χ0v) is 18.2. The van der Waals surface area contributed by atoms with Gasteiger partial charge in [-0.05, 0) is 42.1 Å². The molecule has 166 valence electrons. The molecule has 2 aromatic heterocycles. The second-order valence-corrected chi connectivity index (χ2v) is 8.19. The maximum atomic E-state index is 13.1. The van der Waals surface area contributed by atoms with Gasteiger partial charge in [-0.15, -0.1) is 11.3 Å². The van der Waals surface area contributed by atoms with Crippen LogP contribution < -0.4 is 20.9 Å². The van der Waals surface area contributed by atoms with E-state index in [1.54, 1.807) is 36.6 Å². The summed E-state index contributed by atoms with van der Waals surface area (Å²) in [4.78, 5) is 50.7. The molecule has 0 unspecified atom stereocenters. The highest BCUT2D eigenvalue weighted by Gasteiger charge is 2.24. The molecule has 3 heterocycles. The summed E-state index contributed by atoms with van der Waals surface area (Å²) in [6.07, 6.45) is -1.13. The summed E-state index contributed by atoms with van der Waals surface area (Å²) in [5.74, 6) is -0.534. The number of thiophene rings is 1. The standard InChI is InChI=1S/C20H16ClN3O7S/c1-11-10-32-15(16(11)21)9-24-17(25)14(31-20(28)29)8-23(18(24)26)13-4-2-12(3-5-13)22-6-7-30-19(22)27/h2-5,8,10H,6-7,9H2,1H3,(H,28,29). The number of hydrogen-bond donors (Lipinski definition) is 1. The molecule has 0 radical (unpaired) electrons. The lowest BCUT2D eigenvalue weighted by Crippen LogP contribution is -2.40. The number of nitrogens with zero attached hydrogens (tertiary/aromatic N) is 3. The average Bonchev–Trinajstić information content (AvgIpc) is 3.33. The Morgan fingerprint density at radius 3 is 2.47 bits per heavy atom. The molecule has 4 rings (SSSR count). The minimum absolute atomic E-state index is 0.149. The summed E-state index contributed by atoms with van der Waals surface area (Å²) < 4.78 is 11.5. The summed E-state index contributed by atoms with van der Waals surface area (Å²) in [5, 5.41) is 11.2. The van der Waals surface area contributed by atoms with Crippen LogP contribution in [-0.4, -0.2) is 39.6 Å². The molecule has 0 atom stereocenters. The van der Waals surface area contributed by atoms with Crippen molar-refractivity contribution < 1.29 is 24.2 Å². The van der Waals surface area contributed by atoms with E-state index < -0.39 is 29.2 Å². The number of carbonyl (C=O) groups is 2. The Morgan fingerprint density at radius 2 is 1.91 bits per heavy atom. The summed E-state index contributed by atoms with van der Waals surface area (Å²) in [6, 6.07) is 6.34. The topological polar surface area (TPSA) is 120 Å². The smallest absolute Gasteiger partial charge is 0.449 e. The van der Waals surface area contributed by atoms with Crippen LogP contribution in [0.25, 0.3) is 5.69 Å². The third-order valence-corrected chi connectivity index (χ3v) is 6.54. The van der Waals surface area contributed by atoms with Gasteiger partial charge in [0.2, 0.25) is 5.75 Å². The molecule has 1 aromatic carbocycles. The molecule has 1 aliphatic rings. The molecule has 10 nitrogen and oxygen atoms in total. The molecule has 1 amide bonds. The van der Waals surface area contributed by atoms with E-state index in [1.165, 1.54) is 16.2 Å². The number of rotatable bonds is 5. The first kappa shape index (κ1) is 21.7. The molecule has 1 saturated heterocycles. The van der Waals surface area contributed by atoms with Crippen LogP contribution >= 0.6 is 22.9 Å². The summed E-state index contributed by atoms with van der Waals surface area (Å²) in [7, 11) is 0. The number of amides is 1. The van der Waals surface area contributed by atoms with Crippen molar-refractivity contribution in [3.63, 3.8) is 0 Å². The Bertz CT molecular complexity index is 1330. The van der Waals surface area contributed by atoms with E-state index in [9.17, 15) is 19.2 Å². The van der Waals surface area contributed by atoms with E-state index in [0.717, 1.165) is 20.9 Å². The first-order valence-electron chi connectivity index (χ1n) is 9.30. The van der Waals surface area contributed by atoms with Crippen LogP contribution in [0.5, 0.6) is 5.75 Å². The summed E-state index contributed by atoms with van der Waals surface area (Å²) >= 11 is 7.53. The van der Waals surface area contributed by atoms with Crippen LogP contribution in [0.15, 0.2) is 45.4 Å². The molecular formula is C20H16ClN3O7S. The lowest BCUT2D eigenvalue weighted by Gasteiger charge is -2.15. The van der Waals surface area contributed by atoms with Crippen LogP contribution in [0.4, 0.5) is 15.3 Å². The minimum Gasteiger partial charge on any atom is -0.449 e. The highest BCUT2D eigenvalue weighted by Crippen LogP contribution is 2.27. The number of cyclic esters (lactones) is 1. The lowest BCUT2D eigenvalue weighted by molar-refractivity contribution is 0.143. The fourth-order valence-electron chi connectivity index (χ4n) is 3.22. The number of carbonyl (C=O) groups excluding carboxylic acids is 1. The zero-order valence-electron chi connectivity index (χ0n) is 16.6. The van der Waals surface area contributed by atoms with Gasteiger partial charge in [-0.3, -0.25) is 18.8 Å². The molecule has 1 fully saturated rings. The highest BCUT2D eigenvalue weighted by atomic mass is 35.5. The SMILES string of the molecule is Cc1csc(Cn2c(=O)c(OC(=O)O)cn(-c3ccc(N4CCOC4=O)cc3)c2=O)c1Cl. The Labute approximate surface area is 189 Å². The van der Waals surface area contributed by atoms with Crippen LogP contribution in [0, 0.1) is 6.92 Å². The van der Waals surface area contributed by atoms with Gasteiger partial charge < -0.3 is 14.6 Å². The van der Waals surface area contributed by atoms with E-state index in [2.05, 4.69) is 4.74 Å². The number of hydrogen-bond acceptors (Lipinski definition) is 7. The van der Waals surface area contributed by atoms with E-state index in [0.29, 0.717) is 27.8 Å². The number of ether oxygens (including phenoxy) is 2. The summed E-state index contributed by atoms with van der Waals surface area (Å²) in [6.45, 7) is 2.33. The van der Waals surface area contributed by atoms with E-state index in [4.69, 9.17) is 21.4 Å². The fraction of sp³-hybridized carbons (Fsp3) is 0.200. The van der Waals surface area contributed by atoms with Gasteiger partial charge in [0.15, 0.2) is 0 Å². The molecule has 1 N–H and O–H groups in total. The van der Waals surface area contributed by atoms with Crippen molar-refractivity contribution in [1.29, 1.82) is 0 Å². The van der Waals surface area contributed by atoms with Crippen molar-refractivity contribution in [2.75, 3.05) is 18.1 Å². The van der Waals surface area contributed by atoms with Gasteiger partial charge in [-0.1, -0.05) is 11.6 Å². The second-order valence-electron chi connectivity index (χ2n) is 6.84. The zero-order chi connectivity index (χ0) is 23.0. The lowest BCUT2D eigenvalue weighted by atomic mass is 10.2. The number of aryl methyl sites for hydroxylation is 1. The maximum absolute atomic E-state index is 13.1. The van der Waals surface area contributed by atoms with E-state index >= 15 is 0 Å². The predicted octanol–water partition coefficient (Wildman–Crippen LogP) is 3.08. The van der Waals surface area contributed by atoms with E-state index in [-0.39, 0.29) is 13.2 Å². The first-order valence-corrected chi connectivity index (χ1v) is 10.6. The van der Waals surface area contributed by atoms with Gasteiger partial charge in [-0.25, -0.2) is 14.4 Å². The third kappa shape index (κ3) is 3.99. The average molecular weight is 478 g/mol. The highest BCUT2D eigenvalue weighted by molar-refractivity contribution is 7.10. The van der Waals surface area contributed by atoms with Gasteiger partial charge in [0, 0.05) is 10.6 Å². The molecule has 32 heavy (non-hydrogen) atoms. The van der Waals surface area contributed by atoms with E-state index in [1.807, 2.05) is 0 Å². The van der Waals surface area contributed by atoms with Crippen molar-refractivity contribution in [3.05, 3.63) is 72.1 Å². The van der Waals surface area contributed by atoms with Crippen LogP contribution in [0.3, 0.4) is 0 Å². The molecule has 3 aromatic rings. The third-order valence-electron chi connectivity index (χ3n) is 4.81. The second kappa shape index (κ2) is 8.52. The normalized spacial score (nSPS) is 13.3. The minimum atomic E-state index is -1.69. The van der Waals surface area contributed by atoms with Crippen molar-refractivity contribution in [1.82, 2.24) is 9.13 Å². The number of halogens is 1. The predicted molar refractivity (Wildman–Crippen MR) is 117 cm³/mol. The quantitative estimate of drug-likeness (QED) is 0.560. The molecular weight excluding hydrogens is 462 g/mol.